The molecule has 2 nitrogen and oxygen atoms in total. The monoisotopic (exact) mass is 273 g/mol. The predicted molar refractivity (Wildman–Crippen MR) is 66.0 cm³/mol. The Kier molecular flexibility index (Phi) is 4.84. The molecule has 0 aliphatic carbocycles. The van der Waals surface area contributed by atoms with Crippen molar-refractivity contribution in [3.8, 4) is 0 Å². The van der Waals surface area contributed by atoms with Gasteiger partial charge in [0.05, 0.1) is 5.69 Å². The third-order valence-corrected chi connectivity index (χ3v) is 3.54. The fraction of sp³-hybridized carbons (Fsp3) is 0.750. The van der Waals surface area contributed by atoms with Gasteiger partial charge in [-0.3, -0.25) is 0 Å². The van der Waals surface area contributed by atoms with Gasteiger partial charge in [-0.05, 0) is 28.8 Å². The number of aromatic nitrogens is 1. The molecule has 0 bridgehead atoms. The number of nitrogens with zero attached hydrogens (tertiary/aromatic N) is 1. The minimum atomic E-state index is 0.163. The Bertz CT molecular complexity index is 298. The predicted octanol–water partition coefficient (Wildman–Crippen LogP) is 4.69. The molecule has 1 unspecified atom stereocenters. The average Bonchev–Trinajstić information content (AvgIpc) is 2.62. The highest BCUT2D eigenvalue weighted by Crippen LogP contribution is 2.37. The Morgan fingerprint density at radius 2 is 2.07 bits per heavy atom. The summed E-state index contributed by atoms with van der Waals surface area (Å²) >= 11 is 3.43. The van der Waals surface area contributed by atoms with E-state index >= 15 is 0 Å². The van der Waals surface area contributed by atoms with E-state index in [0.717, 1.165) is 16.8 Å². The minimum Gasteiger partial charge on any atom is -0.436 e. The molecule has 15 heavy (non-hydrogen) atoms. The van der Waals surface area contributed by atoms with E-state index in [2.05, 4.69) is 41.7 Å². The van der Waals surface area contributed by atoms with Gasteiger partial charge in [0.1, 0.15) is 0 Å². The Balaban J connectivity index is 2.85. The van der Waals surface area contributed by atoms with Crippen LogP contribution in [0.3, 0.4) is 0 Å². The zero-order chi connectivity index (χ0) is 11.3. The first-order valence-electron chi connectivity index (χ1n) is 5.73. The molecule has 0 radical (unpaired) electrons. The number of rotatable bonds is 6. The second kappa shape index (κ2) is 5.69. The average molecular weight is 274 g/mol. The fourth-order valence-corrected chi connectivity index (χ4v) is 2.77. The van der Waals surface area contributed by atoms with Crippen molar-refractivity contribution in [1.29, 1.82) is 0 Å². The van der Waals surface area contributed by atoms with Crippen LogP contribution in [-0.4, -0.2) is 4.98 Å². The van der Waals surface area contributed by atoms with Gasteiger partial charge in [-0.15, -0.1) is 0 Å². The zero-order valence-electron chi connectivity index (χ0n) is 9.85. The molecule has 0 fully saturated rings. The number of hydrogen-bond donors (Lipinski definition) is 0. The molecule has 1 heterocycles. The molecule has 0 saturated heterocycles. The summed E-state index contributed by atoms with van der Waals surface area (Å²) in [6.07, 6.45) is 7.53. The normalized spacial score (nSPS) is 15.2. The largest absolute Gasteiger partial charge is 0.436 e. The summed E-state index contributed by atoms with van der Waals surface area (Å²) in [5.41, 5.74) is 1.24. The van der Waals surface area contributed by atoms with Gasteiger partial charge >= 0.3 is 0 Å². The lowest BCUT2D eigenvalue weighted by molar-refractivity contribution is 0.368. The van der Waals surface area contributed by atoms with E-state index in [1.54, 1.807) is 0 Å². The van der Waals surface area contributed by atoms with Crippen molar-refractivity contribution in [2.75, 3.05) is 0 Å². The van der Waals surface area contributed by atoms with Crippen LogP contribution in [0.1, 0.15) is 58.6 Å². The van der Waals surface area contributed by atoms with Crippen LogP contribution >= 0.6 is 15.9 Å². The van der Waals surface area contributed by atoms with Crippen molar-refractivity contribution in [2.24, 2.45) is 0 Å². The van der Waals surface area contributed by atoms with Gasteiger partial charge in [-0.25, -0.2) is 4.98 Å². The quantitative estimate of drug-likeness (QED) is 0.752. The summed E-state index contributed by atoms with van der Waals surface area (Å²) < 4.78 is 6.04. The SMILES string of the molecule is CCCCC(C)(CCC)c1ncoc1Br. The van der Waals surface area contributed by atoms with E-state index in [1.807, 2.05) is 0 Å². The maximum atomic E-state index is 5.24. The van der Waals surface area contributed by atoms with Crippen LogP contribution in [0, 0.1) is 0 Å². The Hall–Kier alpha value is -0.310. The second-order valence-electron chi connectivity index (χ2n) is 4.39. The lowest BCUT2D eigenvalue weighted by Gasteiger charge is -2.27. The zero-order valence-corrected chi connectivity index (χ0v) is 11.4. The van der Waals surface area contributed by atoms with Gasteiger partial charge in [0.2, 0.25) is 0 Å². The lowest BCUT2D eigenvalue weighted by Crippen LogP contribution is -2.22. The minimum absolute atomic E-state index is 0.163. The van der Waals surface area contributed by atoms with E-state index in [-0.39, 0.29) is 5.41 Å². The molecule has 0 aliphatic heterocycles. The van der Waals surface area contributed by atoms with Gasteiger partial charge in [-0.1, -0.05) is 40.0 Å². The van der Waals surface area contributed by atoms with E-state index in [0.29, 0.717) is 0 Å². The number of hydrogen-bond acceptors (Lipinski definition) is 2. The molecular weight excluding hydrogens is 254 g/mol. The summed E-state index contributed by atoms with van der Waals surface area (Å²) in [6.45, 7) is 6.73. The Labute approximate surface area is 101 Å². The van der Waals surface area contributed by atoms with Crippen LogP contribution in [0.25, 0.3) is 0 Å². The van der Waals surface area contributed by atoms with Crippen LogP contribution in [0.15, 0.2) is 15.5 Å². The van der Waals surface area contributed by atoms with Gasteiger partial charge in [-0.2, -0.15) is 0 Å². The van der Waals surface area contributed by atoms with Crippen molar-refractivity contribution < 1.29 is 4.42 Å². The molecule has 86 valence electrons. The number of unbranched alkanes of at least 4 members (excludes halogenated alkanes) is 1. The first-order chi connectivity index (χ1) is 7.14. The topological polar surface area (TPSA) is 26.0 Å². The summed E-state index contributed by atoms with van der Waals surface area (Å²) in [5, 5.41) is 0. The highest BCUT2D eigenvalue weighted by Gasteiger charge is 2.30. The molecule has 3 heteroatoms. The van der Waals surface area contributed by atoms with Gasteiger partial charge in [0.25, 0.3) is 0 Å². The van der Waals surface area contributed by atoms with Gasteiger partial charge in [0, 0.05) is 5.41 Å². The molecule has 1 aromatic heterocycles. The standard InChI is InChI=1S/C12H20BrNO/c1-4-6-8-12(3,7-5-2)10-11(13)15-9-14-10/h9H,4-8H2,1-3H3. The van der Waals surface area contributed by atoms with E-state index in [4.69, 9.17) is 4.42 Å². The second-order valence-corrected chi connectivity index (χ2v) is 5.11. The van der Waals surface area contributed by atoms with Crippen molar-refractivity contribution in [3.05, 3.63) is 16.8 Å². The molecule has 0 aliphatic rings. The van der Waals surface area contributed by atoms with Gasteiger partial charge in [0.15, 0.2) is 11.1 Å². The maximum Gasteiger partial charge on any atom is 0.193 e. The summed E-state index contributed by atoms with van der Waals surface area (Å²) in [6, 6.07) is 0. The molecule has 1 aromatic rings. The molecular formula is C12H20BrNO. The fourth-order valence-electron chi connectivity index (χ4n) is 2.11. The summed E-state index contributed by atoms with van der Waals surface area (Å²) in [4.78, 5) is 4.35. The molecule has 0 spiro atoms. The first-order valence-corrected chi connectivity index (χ1v) is 6.52. The van der Waals surface area contributed by atoms with Crippen LogP contribution < -0.4 is 0 Å². The van der Waals surface area contributed by atoms with Crippen molar-refractivity contribution >= 4 is 15.9 Å². The van der Waals surface area contributed by atoms with Crippen molar-refractivity contribution in [1.82, 2.24) is 4.98 Å². The first kappa shape index (κ1) is 12.8. The van der Waals surface area contributed by atoms with Gasteiger partial charge < -0.3 is 4.42 Å². The molecule has 0 N–H and O–H groups in total. The van der Waals surface area contributed by atoms with Crippen LogP contribution in [-0.2, 0) is 5.41 Å². The Morgan fingerprint density at radius 3 is 2.53 bits per heavy atom. The number of oxazole rings is 1. The van der Waals surface area contributed by atoms with E-state index < -0.39 is 0 Å². The smallest absolute Gasteiger partial charge is 0.193 e. The van der Waals surface area contributed by atoms with E-state index in [1.165, 1.54) is 32.1 Å². The molecule has 0 saturated carbocycles. The third-order valence-electron chi connectivity index (χ3n) is 2.98. The summed E-state index contributed by atoms with van der Waals surface area (Å²) in [5.74, 6) is 0. The van der Waals surface area contributed by atoms with Crippen LogP contribution in [0.5, 0.6) is 0 Å². The maximum absolute atomic E-state index is 5.24. The van der Waals surface area contributed by atoms with Crippen LogP contribution in [0.2, 0.25) is 0 Å². The summed E-state index contributed by atoms with van der Waals surface area (Å²) in [7, 11) is 0. The van der Waals surface area contributed by atoms with Crippen LogP contribution in [0.4, 0.5) is 0 Å². The molecule has 1 atom stereocenters. The number of halogens is 1. The highest BCUT2D eigenvalue weighted by molar-refractivity contribution is 9.10. The lowest BCUT2D eigenvalue weighted by atomic mass is 9.78. The van der Waals surface area contributed by atoms with E-state index in [9.17, 15) is 0 Å². The third kappa shape index (κ3) is 3.07. The van der Waals surface area contributed by atoms with Crippen molar-refractivity contribution in [3.63, 3.8) is 0 Å². The molecule has 0 amide bonds. The highest BCUT2D eigenvalue weighted by atomic mass is 79.9. The molecule has 1 rings (SSSR count). The Morgan fingerprint density at radius 1 is 1.33 bits per heavy atom. The van der Waals surface area contributed by atoms with Crippen molar-refractivity contribution in [2.45, 2.75) is 58.3 Å². The molecule has 0 aromatic carbocycles.